The molecule has 3 aromatic heterocycles. The fourth-order valence-electron chi connectivity index (χ4n) is 1.80. The summed E-state index contributed by atoms with van der Waals surface area (Å²) in [4.78, 5) is 15.4. The second-order valence-corrected chi connectivity index (χ2v) is 4.18. The summed E-state index contributed by atoms with van der Waals surface area (Å²) in [5.74, 6) is 0.583. The highest BCUT2D eigenvalue weighted by atomic mass is 16.7. The molecule has 7 heteroatoms. The first kappa shape index (κ1) is 12.3. The summed E-state index contributed by atoms with van der Waals surface area (Å²) < 4.78 is 5.07. The Balaban J connectivity index is 1.79. The Morgan fingerprint density at radius 1 is 1.25 bits per heavy atom. The van der Waals surface area contributed by atoms with E-state index < -0.39 is 0 Å². The van der Waals surface area contributed by atoms with E-state index in [0.29, 0.717) is 23.7 Å². The summed E-state index contributed by atoms with van der Waals surface area (Å²) in [6.07, 6.45) is 1.67. The van der Waals surface area contributed by atoms with Crippen molar-refractivity contribution in [3.8, 4) is 5.88 Å². The van der Waals surface area contributed by atoms with Crippen LogP contribution < -0.4 is 9.57 Å². The van der Waals surface area contributed by atoms with Crippen LogP contribution in [0, 0.1) is 6.92 Å². The molecular formula is C13H13N5O2. The molecule has 0 amide bonds. The van der Waals surface area contributed by atoms with E-state index >= 15 is 0 Å². The number of ether oxygens (including phenoxy) is 1. The molecule has 0 N–H and O–H groups in total. The highest BCUT2D eigenvalue weighted by molar-refractivity contribution is 5.68. The van der Waals surface area contributed by atoms with Crippen LogP contribution in [0.3, 0.4) is 0 Å². The Hall–Kier alpha value is -2.70. The number of aromatic nitrogens is 5. The fraction of sp³-hybridized carbons (Fsp3) is 0.231. The normalized spacial score (nSPS) is 10.7. The van der Waals surface area contributed by atoms with Gasteiger partial charge in [0.05, 0.1) is 7.11 Å². The third kappa shape index (κ3) is 2.25. The van der Waals surface area contributed by atoms with E-state index in [-0.39, 0.29) is 0 Å². The number of methoxy groups -OCH3 is 1. The lowest BCUT2D eigenvalue weighted by Crippen LogP contribution is -2.14. The SMILES string of the molecule is COc1ccc(COn2nnc3cccnc32)c(C)n1. The van der Waals surface area contributed by atoms with Crippen molar-refractivity contribution in [1.29, 1.82) is 0 Å². The molecule has 3 aromatic rings. The van der Waals surface area contributed by atoms with E-state index in [1.165, 1.54) is 4.85 Å². The summed E-state index contributed by atoms with van der Waals surface area (Å²) in [5.41, 5.74) is 3.08. The molecule has 0 saturated heterocycles. The van der Waals surface area contributed by atoms with Gasteiger partial charge in [0, 0.05) is 23.5 Å². The van der Waals surface area contributed by atoms with Gasteiger partial charge in [-0.25, -0.2) is 9.97 Å². The summed E-state index contributed by atoms with van der Waals surface area (Å²) in [7, 11) is 1.59. The quantitative estimate of drug-likeness (QED) is 0.709. The summed E-state index contributed by atoms with van der Waals surface area (Å²) in [6, 6.07) is 7.34. The van der Waals surface area contributed by atoms with Gasteiger partial charge in [-0.2, -0.15) is 0 Å². The van der Waals surface area contributed by atoms with Gasteiger partial charge in [0.1, 0.15) is 12.1 Å². The van der Waals surface area contributed by atoms with Crippen molar-refractivity contribution >= 4 is 11.2 Å². The summed E-state index contributed by atoms with van der Waals surface area (Å²) in [5, 5.41) is 7.88. The van der Waals surface area contributed by atoms with Crippen LogP contribution in [-0.4, -0.2) is 32.2 Å². The maximum Gasteiger partial charge on any atom is 0.219 e. The van der Waals surface area contributed by atoms with Crippen LogP contribution in [-0.2, 0) is 6.61 Å². The van der Waals surface area contributed by atoms with Crippen molar-refractivity contribution in [3.63, 3.8) is 0 Å². The lowest BCUT2D eigenvalue weighted by Gasteiger charge is -2.08. The van der Waals surface area contributed by atoms with Gasteiger partial charge < -0.3 is 9.57 Å². The molecule has 0 bridgehead atoms. The highest BCUT2D eigenvalue weighted by Crippen LogP contribution is 2.12. The molecule has 0 aromatic carbocycles. The van der Waals surface area contributed by atoms with Crippen LogP contribution in [0.1, 0.15) is 11.3 Å². The van der Waals surface area contributed by atoms with Gasteiger partial charge in [-0.15, -0.1) is 5.10 Å². The largest absolute Gasteiger partial charge is 0.481 e. The lowest BCUT2D eigenvalue weighted by atomic mass is 10.2. The molecule has 0 fully saturated rings. The maximum atomic E-state index is 5.60. The van der Waals surface area contributed by atoms with Gasteiger partial charge in [-0.05, 0) is 30.3 Å². The van der Waals surface area contributed by atoms with Crippen LogP contribution in [0.2, 0.25) is 0 Å². The highest BCUT2D eigenvalue weighted by Gasteiger charge is 2.07. The number of nitrogens with zero attached hydrogens (tertiary/aromatic N) is 5. The predicted molar refractivity (Wildman–Crippen MR) is 71.1 cm³/mol. The maximum absolute atomic E-state index is 5.60. The number of fused-ring (bicyclic) bond motifs is 1. The standard InChI is InChI=1S/C13H13N5O2/c1-9-10(5-6-12(15-9)19-2)8-20-18-13-11(16-17-18)4-3-7-14-13/h3-7H,8H2,1-2H3. The fourth-order valence-corrected chi connectivity index (χ4v) is 1.80. The second kappa shape index (κ2) is 5.12. The first-order valence-electron chi connectivity index (χ1n) is 6.08. The molecule has 3 rings (SSSR count). The van der Waals surface area contributed by atoms with Crippen LogP contribution >= 0.6 is 0 Å². The van der Waals surface area contributed by atoms with Crippen molar-refractivity contribution < 1.29 is 9.57 Å². The minimum Gasteiger partial charge on any atom is -0.481 e. The molecule has 3 heterocycles. The Labute approximate surface area is 115 Å². The van der Waals surface area contributed by atoms with Crippen LogP contribution in [0.5, 0.6) is 5.88 Å². The van der Waals surface area contributed by atoms with Gasteiger partial charge in [0.15, 0.2) is 0 Å². The molecule has 0 spiro atoms. The zero-order valence-electron chi connectivity index (χ0n) is 11.1. The third-order valence-corrected chi connectivity index (χ3v) is 2.90. The zero-order chi connectivity index (χ0) is 13.9. The molecule has 0 aliphatic rings. The van der Waals surface area contributed by atoms with Crippen molar-refractivity contribution in [2.75, 3.05) is 7.11 Å². The summed E-state index contributed by atoms with van der Waals surface area (Å²) >= 11 is 0. The second-order valence-electron chi connectivity index (χ2n) is 4.18. The average molecular weight is 271 g/mol. The molecule has 0 radical (unpaired) electrons. The van der Waals surface area contributed by atoms with Gasteiger partial charge in [-0.1, -0.05) is 4.85 Å². The van der Waals surface area contributed by atoms with E-state index in [0.717, 1.165) is 11.3 Å². The van der Waals surface area contributed by atoms with Crippen LogP contribution in [0.4, 0.5) is 0 Å². The van der Waals surface area contributed by atoms with Gasteiger partial charge in [0.25, 0.3) is 0 Å². The van der Waals surface area contributed by atoms with E-state index in [1.807, 2.05) is 19.1 Å². The first-order chi connectivity index (χ1) is 9.78. The molecule has 20 heavy (non-hydrogen) atoms. The van der Waals surface area contributed by atoms with Crippen molar-refractivity contribution in [2.45, 2.75) is 13.5 Å². The predicted octanol–water partition coefficient (Wildman–Crippen LogP) is 1.17. The molecular weight excluding hydrogens is 258 g/mol. The average Bonchev–Trinajstić information content (AvgIpc) is 2.89. The number of hydrogen-bond acceptors (Lipinski definition) is 6. The van der Waals surface area contributed by atoms with E-state index in [1.54, 1.807) is 25.4 Å². The van der Waals surface area contributed by atoms with Gasteiger partial charge in [-0.3, -0.25) is 0 Å². The van der Waals surface area contributed by atoms with Crippen molar-refractivity contribution in [2.24, 2.45) is 0 Å². The molecule has 0 aliphatic carbocycles. The topological polar surface area (TPSA) is 75.0 Å². The third-order valence-electron chi connectivity index (χ3n) is 2.90. The van der Waals surface area contributed by atoms with E-state index in [9.17, 15) is 0 Å². The van der Waals surface area contributed by atoms with Gasteiger partial charge in [0.2, 0.25) is 11.5 Å². The smallest absolute Gasteiger partial charge is 0.219 e. The monoisotopic (exact) mass is 271 g/mol. The van der Waals surface area contributed by atoms with Crippen molar-refractivity contribution in [3.05, 3.63) is 41.7 Å². The van der Waals surface area contributed by atoms with E-state index in [4.69, 9.17) is 9.57 Å². The Bertz CT molecular complexity index is 740. The minimum atomic E-state index is 0.331. The number of pyridine rings is 2. The van der Waals surface area contributed by atoms with Gasteiger partial charge >= 0.3 is 0 Å². The Morgan fingerprint density at radius 3 is 2.95 bits per heavy atom. The minimum absolute atomic E-state index is 0.331. The van der Waals surface area contributed by atoms with Crippen LogP contribution in [0.15, 0.2) is 30.5 Å². The summed E-state index contributed by atoms with van der Waals surface area (Å²) in [6.45, 7) is 2.23. The molecule has 0 aliphatic heterocycles. The number of aryl methyl sites for hydroxylation is 1. The van der Waals surface area contributed by atoms with Crippen LogP contribution in [0.25, 0.3) is 11.2 Å². The molecule has 7 nitrogen and oxygen atoms in total. The molecule has 0 saturated carbocycles. The van der Waals surface area contributed by atoms with E-state index in [2.05, 4.69) is 20.3 Å². The molecule has 0 atom stereocenters. The Kier molecular flexibility index (Phi) is 3.16. The van der Waals surface area contributed by atoms with Crippen molar-refractivity contribution in [1.82, 2.24) is 25.1 Å². The zero-order valence-corrected chi connectivity index (χ0v) is 11.1. The molecule has 0 unspecified atom stereocenters. The lowest BCUT2D eigenvalue weighted by molar-refractivity contribution is 0.0734. The molecule has 102 valence electrons. The number of hydrogen-bond donors (Lipinski definition) is 0. The first-order valence-corrected chi connectivity index (χ1v) is 6.08. The Morgan fingerprint density at radius 2 is 2.15 bits per heavy atom. The number of rotatable bonds is 4.